The molecule has 0 saturated carbocycles. The van der Waals surface area contributed by atoms with Crippen LogP contribution in [0.5, 0.6) is 11.5 Å². The summed E-state index contributed by atoms with van der Waals surface area (Å²) >= 11 is 0. The molecular formula is C16H25NO3. The second-order valence-electron chi connectivity index (χ2n) is 4.48. The minimum Gasteiger partial charge on any atom is -0.494 e. The number of ether oxygens (including phenoxy) is 2. The first-order chi connectivity index (χ1) is 9.80. The molecule has 1 aromatic carbocycles. The highest BCUT2D eigenvalue weighted by Gasteiger charge is 2.02. The van der Waals surface area contributed by atoms with Gasteiger partial charge in [0.1, 0.15) is 18.1 Å². The summed E-state index contributed by atoms with van der Waals surface area (Å²) in [6.45, 7) is 9.42. The van der Waals surface area contributed by atoms with E-state index in [1.807, 2.05) is 30.3 Å². The summed E-state index contributed by atoms with van der Waals surface area (Å²) < 4.78 is 11.2. The highest BCUT2D eigenvalue weighted by Crippen LogP contribution is 2.17. The summed E-state index contributed by atoms with van der Waals surface area (Å²) in [5.74, 6) is 1.70. The summed E-state index contributed by atoms with van der Waals surface area (Å²) in [6, 6.07) is 7.66. The van der Waals surface area contributed by atoms with Crippen LogP contribution >= 0.6 is 0 Å². The lowest BCUT2D eigenvalue weighted by Crippen LogP contribution is -2.31. The average molecular weight is 279 g/mol. The van der Waals surface area contributed by atoms with Crippen LogP contribution in [0.3, 0.4) is 0 Å². The zero-order valence-corrected chi connectivity index (χ0v) is 12.3. The first-order valence-electron chi connectivity index (χ1n) is 7.10. The molecule has 0 unspecified atom stereocenters. The van der Waals surface area contributed by atoms with Gasteiger partial charge in [-0.25, -0.2) is 0 Å². The Kier molecular flexibility index (Phi) is 8.51. The second kappa shape index (κ2) is 10.3. The van der Waals surface area contributed by atoms with Gasteiger partial charge >= 0.3 is 0 Å². The molecule has 1 N–H and O–H groups in total. The molecule has 0 fully saturated rings. The highest BCUT2D eigenvalue weighted by molar-refractivity contribution is 5.31. The van der Waals surface area contributed by atoms with Crippen molar-refractivity contribution < 1.29 is 14.6 Å². The minimum absolute atomic E-state index is 0.150. The van der Waals surface area contributed by atoms with Gasteiger partial charge in [-0.1, -0.05) is 13.0 Å². The molecule has 0 aliphatic carbocycles. The van der Waals surface area contributed by atoms with Gasteiger partial charge in [-0.3, -0.25) is 4.90 Å². The Labute approximate surface area is 121 Å². The SMILES string of the molecule is C=CCN(CCO)CCOc1ccc(OCCC)cc1. The van der Waals surface area contributed by atoms with E-state index in [1.54, 1.807) is 0 Å². The van der Waals surface area contributed by atoms with E-state index in [-0.39, 0.29) is 6.61 Å². The van der Waals surface area contributed by atoms with Crippen LogP contribution in [0.4, 0.5) is 0 Å². The van der Waals surface area contributed by atoms with Crippen LogP contribution in [0, 0.1) is 0 Å². The van der Waals surface area contributed by atoms with Crippen LogP contribution in [-0.4, -0.2) is 49.5 Å². The van der Waals surface area contributed by atoms with Crippen molar-refractivity contribution in [2.45, 2.75) is 13.3 Å². The minimum atomic E-state index is 0.150. The summed E-state index contributed by atoms with van der Waals surface area (Å²) in [6.07, 6.45) is 2.83. The Morgan fingerprint density at radius 1 is 1.10 bits per heavy atom. The average Bonchev–Trinajstić information content (AvgIpc) is 2.47. The van der Waals surface area contributed by atoms with Crippen molar-refractivity contribution in [1.82, 2.24) is 4.90 Å². The summed E-state index contributed by atoms with van der Waals surface area (Å²) in [4.78, 5) is 2.09. The van der Waals surface area contributed by atoms with Crippen LogP contribution in [0.2, 0.25) is 0 Å². The monoisotopic (exact) mass is 279 g/mol. The van der Waals surface area contributed by atoms with Crippen molar-refractivity contribution in [2.75, 3.05) is 39.5 Å². The quantitative estimate of drug-likeness (QED) is 0.631. The van der Waals surface area contributed by atoms with Gasteiger partial charge in [0.2, 0.25) is 0 Å². The molecule has 0 aliphatic rings. The molecule has 4 nitrogen and oxygen atoms in total. The van der Waals surface area contributed by atoms with E-state index < -0.39 is 0 Å². The van der Waals surface area contributed by atoms with Crippen LogP contribution in [0.1, 0.15) is 13.3 Å². The van der Waals surface area contributed by atoms with Crippen LogP contribution in [0.25, 0.3) is 0 Å². The number of benzene rings is 1. The lowest BCUT2D eigenvalue weighted by atomic mass is 10.3. The maximum absolute atomic E-state index is 8.95. The molecule has 0 bridgehead atoms. The van der Waals surface area contributed by atoms with Crippen LogP contribution in [0.15, 0.2) is 36.9 Å². The van der Waals surface area contributed by atoms with Gasteiger partial charge < -0.3 is 14.6 Å². The second-order valence-corrected chi connectivity index (χ2v) is 4.48. The van der Waals surface area contributed by atoms with E-state index >= 15 is 0 Å². The van der Waals surface area contributed by atoms with Crippen LogP contribution < -0.4 is 9.47 Å². The number of aliphatic hydroxyl groups excluding tert-OH is 1. The Morgan fingerprint density at radius 3 is 2.20 bits per heavy atom. The third-order valence-corrected chi connectivity index (χ3v) is 2.78. The zero-order valence-electron chi connectivity index (χ0n) is 12.3. The third-order valence-electron chi connectivity index (χ3n) is 2.78. The van der Waals surface area contributed by atoms with E-state index in [1.165, 1.54) is 0 Å². The molecule has 20 heavy (non-hydrogen) atoms. The maximum Gasteiger partial charge on any atom is 0.119 e. The number of rotatable bonds is 11. The number of nitrogens with zero attached hydrogens (tertiary/aromatic N) is 1. The van der Waals surface area contributed by atoms with Crippen molar-refractivity contribution in [3.8, 4) is 11.5 Å². The molecule has 0 heterocycles. The third kappa shape index (κ3) is 6.59. The molecular weight excluding hydrogens is 254 g/mol. The molecule has 112 valence electrons. The van der Waals surface area contributed by atoms with E-state index in [0.29, 0.717) is 13.2 Å². The Balaban J connectivity index is 2.31. The van der Waals surface area contributed by atoms with Crippen molar-refractivity contribution >= 4 is 0 Å². The summed E-state index contributed by atoms with van der Waals surface area (Å²) in [5, 5.41) is 8.95. The number of hydrogen-bond donors (Lipinski definition) is 1. The van der Waals surface area contributed by atoms with Crippen LogP contribution in [-0.2, 0) is 0 Å². The first-order valence-corrected chi connectivity index (χ1v) is 7.10. The topological polar surface area (TPSA) is 41.9 Å². The predicted molar refractivity (Wildman–Crippen MR) is 81.4 cm³/mol. The highest BCUT2D eigenvalue weighted by atomic mass is 16.5. The van der Waals surface area contributed by atoms with Crippen molar-refractivity contribution in [3.05, 3.63) is 36.9 Å². The standard InChI is InChI=1S/C16H25NO3/c1-3-9-17(10-12-18)11-14-20-16-7-5-15(6-8-16)19-13-4-2/h3,5-8,18H,1,4,9-14H2,2H3. The van der Waals surface area contributed by atoms with E-state index in [2.05, 4.69) is 18.4 Å². The summed E-state index contributed by atoms with van der Waals surface area (Å²) in [7, 11) is 0. The van der Waals surface area contributed by atoms with E-state index in [0.717, 1.165) is 37.6 Å². The van der Waals surface area contributed by atoms with Gasteiger partial charge in [0.15, 0.2) is 0 Å². The smallest absolute Gasteiger partial charge is 0.119 e. The number of aliphatic hydroxyl groups is 1. The number of hydrogen-bond acceptors (Lipinski definition) is 4. The lowest BCUT2D eigenvalue weighted by Gasteiger charge is -2.19. The van der Waals surface area contributed by atoms with Gasteiger partial charge in [0.05, 0.1) is 13.2 Å². The van der Waals surface area contributed by atoms with Crippen molar-refractivity contribution in [1.29, 1.82) is 0 Å². The Morgan fingerprint density at radius 2 is 1.70 bits per heavy atom. The molecule has 1 aromatic rings. The first kappa shape index (κ1) is 16.5. The van der Waals surface area contributed by atoms with E-state index in [4.69, 9.17) is 14.6 Å². The fraction of sp³-hybridized carbons (Fsp3) is 0.500. The fourth-order valence-electron chi connectivity index (χ4n) is 1.76. The summed E-state index contributed by atoms with van der Waals surface area (Å²) in [5.41, 5.74) is 0. The molecule has 4 heteroatoms. The zero-order chi connectivity index (χ0) is 14.6. The predicted octanol–water partition coefficient (Wildman–Crippen LogP) is 2.33. The van der Waals surface area contributed by atoms with Gasteiger partial charge in [-0.05, 0) is 30.7 Å². The molecule has 0 saturated heterocycles. The Hall–Kier alpha value is -1.52. The lowest BCUT2D eigenvalue weighted by molar-refractivity contribution is 0.180. The van der Waals surface area contributed by atoms with Gasteiger partial charge in [-0.2, -0.15) is 0 Å². The molecule has 0 aromatic heterocycles. The largest absolute Gasteiger partial charge is 0.494 e. The van der Waals surface area contributed by atoms with Gasteiger partial charge in [0.25, 0.3) is 0 Å². The fourth-order valence-corrected chi connectivity index (χ4v) is 1.76. The van der Waals surface area contributed by atoms with Gasteiger partial charge in [0, 0.05) is 19.6 Å². The van der Waals surface area contributed by atoms with Crippen molar-refractivity contribution in [3.63, 3.8) is 0 Å². The molecule has 0 radical (unpaired) electrons. The molecule has 0 spiro atoms. The molecule has 0 atom stereocenters. The maximum atomic E-state index is 8.95. The normalized spacial score (nSPS) is 10.6. The Bertz CT molecular complexity index is 364. The van der Waals surface area contributed by atoms with Crippen molar-refractivity contribution in [2.24, 2.45) is 0 Å². The van der Waals surface area contributed by atoms with Gasteiger partial charge in [-0.15, -0.1) is 6.58 Å². The van der Waals surface area contributed by atoms with E-state index in [9.17, 15) is 0 Å². The molecule has 0 aliphatic heterocycles. The molecule has 1 rings (SSSR count). The molecule has 0 amide bonds.